The van der Waals surface area contributed by atoms with Gasteiger partial charge in [0.2, 0.25) is 0 Å². The maximum Gasteiger partial charge on any atom is 0.497 e. The highest BCUT2D eigenvalue weighted by molar-refractivity contribution is 6.62. The van der Waals surface area contributed by atoms with Crippen LogP contribution < -0.4 is 5.46 Å². The standard InChI is InChI=1S/C25H27B3FN3O4/c1-7-18-22-30-17-12-16(29)15(28-35-23(3,4)24(5,6)36-28)11-19(17)31(22)21-14(9-8-10-20(21)33)13(2)32(18)25(26,27)34/h8-12,18,33-34H,2,7H2,1,3-6H3. The van der Waals surface area contributed by atoms with E-state index >= 15 is 4.39 Å². The van der Waals surface area contributed by atoms with Crippen LogP contribution in [-0.2, 0) is 9.31 Å². The average molecular weight is 485 g/mol. The Balaban J connectivity index is 1.82. The Morgan fingerprint density at radius 3 is 2.42 bits per heavy atom. The Bertz CT molecular complexity index is 1380. The maximum atomic E-state index is 15.4. The number of para-hydroxylation sites is 1. The zero-order valence-corrected chi connectivity index (χ0v) is 21.0. The largest absolute Gasteiger partial charge is 0.506 e. The molecule has 7 nitrogen and oxygen atoms in total. The summed E-state index contributed by atoms with van der Waals surface area (Å²) in [5.41, 5.74) is -1.33. The molecule has 1 saturated heterocycles. The van der Waals surface area contributed by atoms with Gasteiger partial charge in [0, 0.05) is 28.3 Å². The van der Waals surface area contributed by atoms with Crippen molar-refractivity contribution in [3.05, 3.63) is 54.1 Å². The molecule has 1 fully saturated rings. The second kappa shape index (κ2) is 7.87. The van der Waals surface area contributed by atoms with Gasteiger partial charge >= 0.3 is 7.12 Å². The average Bonchev–Trinajstić information content (AvgIpc) is 3.17. The summed E-state index contributed by atoms with van der Waals surface area (Å²) in [7, 11) is 11.0. The lowest BCUT2D eigenvalue weighted by atomic mass is 9.70. The first-order chi connectivity index (χ1) is 16.7. The Morgan fingerprint density at radius 2 is 1.83 bits per heavy atom. The van der Waals surface area contributed by atoms with Gasteiger partial charge < -0.3 is 24.4 Å². The minimum Gasteiger partial charge on any atom is -0.506 e. The topological polar surface area (TPSA) is 80.0 Å². The molecule has 0 saturated carbocycles. The van der Waals surface area contributed by atoms with Gasteiger partial charge in [0.1, 0.15) is 33.1 Å². The minimum atomic E-state index is -2.27. The highest BCUT2D eigenvalue weighted by atomic mass is 19.1. The first-order valence-corrected chi connectivity index (χ1v) is 11.9. The fourth-order valence-corrected chi connectivity index (χ4v) is 5.01. The molecule has 0 bridgehead atoms. The minimum absolute atomic E-state index is 0.0509. The molecule has 0 aliphatic carbocycles. The first-order valence-electron chi connectivity index (χ1n) is 11.9. The van der Waals surface area contributed by atoms with Crippen molar-refractivity contribution in [3.63, 3.8) is 0 Å². The summed E-state index contributed by atoms with van der Waals surface area (Å²) in [5, 5.41) is 21.7. The van der Waals surface area contributed by atoms with Crippen molar-refractivity contribution in [3.8, 4) is 11.4 Å². The number of hydrogen-bond acceptors (Lipinski definition) is 6. The SMILES string of the molecule is [B]C([B])(O)N1C(=C)c2cccc(O)c2-n2c(nc3cc(F)c(B4OC(C)(C)C(C)(C)O4)cc32)C1CC. The summed E-state index contributed by atoms with van der Waals surface area (Å²) >= 11 is 0. The number of hydrogen-bond donors (Lipinski definition) is 2. The molecule has 2 aromatic carbocycles. The van der Waals surface area contributed by atoms with Crippen molar-refractivity contribution in [2.24, 2.45) is 0 Å². The Kier molecular flexibility index (Phi) is 5.45. The molecule has 2 aliphatic heterocycles. The van der Waals surface area contributed by atoms with E-state index in [1.165, 1.54) is 17.0 Å². The maximum absolute atomic E-state index is 15.4. The number of aromatic nitrogens is 2. The predicted molar refractivity (Wildman–Crippen MR) is 139 cm³/mol. The zero-order chi connectivity index (χ0) is 26.4. The van der Waals surface area contributed by atoms with Gasteiger partial charge in [-0.1, -0.05) is 25.6 Å². The van der Waals surface area contributed by atoms with E-state index in [0.29, 0.717) is 40.2 Å². The lowest BCUT2D eigenvalue weighted by molar-refractivity contribution is 0.00578. The predicted octanol–water partition coefficient (Wildman–Crippen LogP) is 2.85. The second-order valence-corrected chi connectivity index (χ2v) is 10.5. The summed E-state index contributed by atoms with van der Waals surface area (Å²) in [5.74, 6) is -0.172. The molecule has 0 spiro atoms. The van der Waals surface area contributed by atoms with E-state index in [4.69, 9.17) is 30.0 Å². The number of phenolic OH excluding ortho intramolecular Hbond substituents is 1. The van der Waals surface area contributed by atoms with Gasteiger partial charge in [-0.3, -0.25) is 4.57 Å². The summed E-state index contributed by atoms with van der Waals surface area (Å²) in [4.78, 5) is 6.08. The molecule has 4 radical (unpaired) electrons. The van der Waals surface area contributed by atoms with Crippen LogP contribution in [0.1, 0.15) is 58.5 Å². The smallest absolute Gasteiger partial charge is 0.497 e. The van der Waals surface area contributed by atoms with Crippen LogP contribution in [0.3, 0.4) is 0 Å². The van der Waals surface area contributed by atoms with Gasteiger partial charge in [-0.05, 0) is 46.2 Å². The van der Waals surface area contributed by atoms with Crippen molar-refractivity contribution in [1.82, 2.24) is 14.5 Å². The van der Waals surface area contributed by atoms with Crippen molar-refractivity contribution >= 4 is 45.0 Å². The van der Waals surface area contributed by atoms with E-state index in [2.05, 4.69) is 6.58 Å². The quantitative estimate of drug-likeness (QED) is 0.557. The van der Waals surface area contributed by atoms with Crippen LogP contribution in [0.4, 0.5) is 4.39 Å². The van der Waals surface area contributed by atoms with Crippen molar-refractivity contribution < 1.29 is 23.9 Å². The monoisotopic (exact) mass is 485 g/mol. The van der Waals surface area contributed by atoms with Gasteiger partial charge in [-0.25, -0.2) is 9.37 Å². The number of phenols is 1. The molecular formula is C25H27B3FN3O4. The molecule has 1 unspecified atom stereocenters. The molecule has 3 aromatic rings. The van der Waals surface area contributed by atoms with Crippen LogP contribution in [0.15, 0.2) is 36.9 Å². The number of aromatic hydroxyl groups is 1. The molecule has 1 aromatic heterocycles. The Hall–Kier alpha value is -2.75. The third kappa shape index (κ3) is 3.51. The van der Waals surface area contributed by atoms with E-state index in [-0.39, 0.29) is 11.2 Å². The van der Waals surface area contributed by atoms with Crippen LogP contribution in [0.5, 0.6) is 5.75 Å². The van der Waals surface area contributed by atoms with Crippen LogP contribution in [-0.4, -0.2) is 64.2 Å². The number of nitrogens with zero attached hydrogens (tertiary/aromatic N) is 3. The molecule has 2 aliphatic rings. The lowest BCUT2D eigenvalue weighted by Crippen LogP contribution is -2.50. The van der Waals surface area contributed by atoms with Crippen LogP contribution in [0, 0.1) is 5.82 Å². The molecule has 182 valence electrons. The second-order valence-electron chi connectivity index (χ2n) is 10.5. The summed E-state index contributed by atoms with van der Waals surface area (Å²) in [6.07, 6.45) is 0.431. The van der Waals surface area contributed by atoms with E-state index in [0.717, 1.165) is 0 Å². The number of rotatable bonds is 3. The third-order valence-electron chi connectivity index (χ3n) is 7.53. The molecule has 5 rings (SSSR count). The number of halogens is 1. The number of fused-ring (bicyclic) bond motifs is 5. The number of imidazole rings is 1. The van der Waals surface area contributed by atoms with Crippen molar-refractivity contribution in [2.45, 2.75) is 63.8 Å². The summed E-state index contributed by atoms with van der Waals surface area (Å²) in [6, 6.07) is 7.24. The third-order valence-corrected chi connectivity index (χ3v) is 7.53. The van der Waals surface area contributed by atoms with E-state index < -0.39 is 35.7 Å². The molecule has 1 atom stereocenters. The Labute approximate surface area is 212 Å². The fourth-order valence-electron chi connectivity index (χ4n) is 5.01. The van der Waals surface area contributed by atoms with Gasteiger partial charge in [0.25, 0.3) is 0 Å². The van der Waals surface area contributed by atoms with Gasteiger partial charge in [0.15, 0.2) is 0 Å². The van der Waals surface area contributed by atoms with Crippen LogP contribution >= 0.6 is 0 Å². The van der Waals surface area contributed by atoms with E-state index in [1.807, 2.05) is 34.6 Å². The lowest BCUT2D eigenvalue weighted by Gasteiger charge is -2.42. The van der Waals surface area contributed by atoms with Crippen LogP contribution in [0.2, 0.25) is 0 Å². The molecule has 3 heterocycles. The highest BCUT2D eigenvalue weighted by Gasteiger charge is 2.52. The normalized spacial score (nSPS) is 21.0. The summed E-state index contributed by atoms with van der Waals surface area (Å²) in [6.45, 7) is 13.6. The van der Waals surface area contributed by atoms with Crippen LogP contribution in [0.25, 0.3) is 22.4 Å². The van der Waals surface area contributed by atoms with E-state index in [9.17, 15) is 10.2 Å². The summed E-state index contributed by atoms with van der Waals surface area (Å²) < 4.78 is 29.4. The van der Waals surface area contributed by atoms with Gasteiger partial charge in [-0.2, -0.15) is 0 Å². The van der Waals surface area contributed by atoms with E-state index in [1.54, 1.807) is 22.8 Å². The molecule has 0 amide bonds. The first kappa shape index (κ1) is 24.9. The molecule has 11 heteroatoms. The van der Waals surface area contributed by atoms with Crippen molar-refractivity contribution in [2.75, 3.05) is 0 Å². The van der Waals surface area contributed by atoms with Crippen molar-refractivity contribution in [1.29, 1.82) is 0 Å². The molecule has 36 heavy (non-hydrogen) atoms. The number of aliphatic hydroxyl groups is 1. The molecule has 2 N–H and O–H groups in total. The van der Waals surface area contributed by atoms with Gasteiger partial charge in [-0.15, -0.1) is 0 Å². The zero-order valence-electron chi connectivity index (χ0n) is 21.0. The highest BCUT2D eigenvalue weighted by Crippen LogP contribution is 2.45. The fraction of sp³-hybridized carbons (Fsp3) is 0.400. The number of benzene rings is 2. The molecular weight excluding hydrogens is 458 g/mol. The van der Waals surface area contributed by atoms with Gasteiger partial charge in [0.05, 0.1) is 34.0 Å². The Morgan fingerprint density at radius 1 is 1.19 bits per heavy atom.